The summed E-state index contributed by atoms with van der Waals surface area (Å²) in [5.74, 6) is 0.806. The Hall–Kier alpha value is -4.04. The third-order valence-corrected chi connectivity index (χ3v) is 9.29. The Morgan fingerprint density at radius 1 is 1.14 bits per heavy atom. The number of piperidine rings is 1. The zero-order chi connectivity index (χ0) is 30.1. The number of oxazole rings is 1. The number of halogens is 3. The van der Waals surface area contributed by atoms with E-state index in [-0.39, 0.29) is 41.7 Å². The Labute approximate surface area is 245 Å². The minimum atomic E-state index is -4.47. The molecule has 0 radical (unpaired) electrons. The summed E-state index contributed by atoms with van der Waals surface area (Å²) in [5.41, 5.74) is 0.871. The van der Waals surface area contributed by atoms with Gasteiger partial charge in [0, 0.05) is 49.5 Å². The second-order valence-electron chi connectivity index (χ2n) is 12.0. The van der Waals surface area contributed by atoms with E-state index < -0.39 is 17.2 Å². The number of hydrogen-bond donors (Lipinski definition) is 0. The number of benzene rings is 2. The van der Waals surface area contributed by atoms with Gasteiger partial charge in [0.15, 0.2) is 11.5 Å². The van der Waals surface area contributed by atoms with E-state index >= 15 is 0 Å². The topological polar surface area (TPSA) is 93.5 Å². The van der Waals surface area contributed by atoms with E-state index in [2.05, 4.69) is 6.07 Å². The molecule has 0 spiro atoms. The van der Waals surface area contributed by atoms with E-state index in [1.807, 2.05) is 30.0 Å². The molecule has 4 aromatic rings. The van der Waals surface area contributed by atoms with E-state index in [0.717, 1.165) is 16.7 Å². The van der Waals surface area contributed by atoms with Crippen LogP contribution in [0.1, 0.15) is 60.6 Å². The summed E-state index contributed by atoms with van der Waals surface area (Å²) in [7, 11) is 1.54. The van der Waals surface area contributed by atoms with Crippen LogP contribution in [0, 0.1) is 18.3 Å². The fourth-order valence-electron chi connectivity index (χ4n) is 6.65. The van der Waals surface area contributed by atoms with Gasteiger partial charge in [0.05, 0.1) is 29.8 Å². The maximum Gasteiger partial charge on any atom is 0.398 e. The molecule has 0 bridgehead atoms. The van der Waals surface area contributed by atoms with Gasteiger partial charge in [-0.25, -0.2) is 4.98 Å². The van der Waals surface area contributed by atoms with E-state index in [1.165, 1.54) is 17.7 Å². The molecule has 2 aromatic heterocycles. The van der Waals surface area contributed by atoms with Gasteiger partial charge < -0.3 is 23.4 Å². The van der Waals surface area contributed by atoms with Crippen molar-refractivity contribution in [1.29, 1.82) is 5.26 Å². The van der Waals surface area contributed by atoms with E-state index in [4.69, 9.17) is 18.9 Å². The second kappa shape index (κ2) is 10.0. The number of anilines is 1. The predicted molar refractivity (Wildman–Crippen MR) is 154 cm³/mol. The molecule has 43 heavy (non-hydrogen) atoms. The van der Waals surface area contributed by atoms with Gasteiger partial charge in [-0.2, -0.15) is 18.4 Å². The summed E-state index contributed by atoms with van der Waals surface area (Å²) in [4.78, 5) is 20.1. The largest absolute Gasteiger partial charge is 0.488 e. The number of rotatable bonds is 5. The second-order valence-corrected chi connectivity index (χ2v) is 12.0. The molecule has 4 heterocycles. The number of aromatic nitrogens is 2. The fraction of sp³-hybridized carbons (Fsp3) is 0.469. The SMILES string of the molecule is Cc1ccc2oc(C3CCN(c4c(C#N)c(=O)n(C)c5cc(OC6CCOC6)c(C6(C(F)(F)F)CC6)cc45)CC3)nc2c1. The molecular formula is C32H31F3N4O4. The first-order chi connectivity index (χ1) is 20.6. The van der Waals surface area contributed by atoms with Crippen molar-refractivity contribution in [3.63, 3.8) is 0 Å². The van der Waals surface area contributed by atoms with Crippen LogP contribution in [0.4, 0.5) is 18.9 Å². The Kier molecular flexibility index (Phi) is 6.47. The van der Waals surface area contributed by atoms with Crippen molar-refractivity contribution < 1.29 is 27.1 Å². The van der Waals surface area contributed by atoms with Crippen molar-refractivity contribution >= 4 is 27.7 Å². The first kappa shape index (κ1) is 27.8. The molecule has 1 unspecified atom stereocenters. The third-order valence-electron chi connectivity index (χ3n) is 9.29. The highest BCUT2D eigenvalue weighted by molar-refractivity contribution is 5.97. The van der Waals surface area contributed by atoms with Gasteiger partial charge >= 0.3 is 6.18 Å². The van der Waals surface area contributed by atoms with Crippen LogP contribution in [0.25, 0.3) is 22.0 Å². The molecule has 0 amide bonds. The summed E-state index contributed by atoms with van der Waals surface area (Å²) in [6.45, 7) is 3.73. The number of hydrogen-bond acceptors (Lipinski definition) is 7. The number of pyridine rings is 1. The molecule has 1 saturated carbocycles. The monoisotopic (exact) mass is 592 g/mol. The van der Waals surface area contributed by atoms with E-state index in [0.29, 0.717) is 68.0 Å². The minimum Gasteiger partial charge on any atom is -0.488 e. The fourth-order valence-corrected chi connectivity index (χ4v) is 6.65. The lowest BCUT2D eigenvalue weighted by Gasteiger charge is -2.34. The first-order valence-electron chi connectivity index (χ1n) is 14.6. The maximum absolute atomic E-state index is 14.5. The Morgan fingerprint density at radius 3 is 2.56 bits per heavy atom. The zero-order valence-electron chi connectivity index (χ0n) is 24.0. The summed E-state index contributed by atoms with van der Waals surface area (Å²) in [6, 6.07) is 11.0. The normalized spacial score (nSPS) is 20.6. The summed E-state index contributed by atoms with van der Waals surface area (Å²) < 4.78 is 62.4. The highest BCUT2D eigenvalue weighted by atomic mass is 19.4. The molecule has 1 atom stereocenters. The quantitative estimate of drug-likeness (QED) is 0.280. The van der Waals surface area contributed by atoms with E-state index in [9.17, 15) is 23.2 Å². The summed E-state index contributed by atoms with van der Waals surface area (Å²) in [5, 5.41) is 10.6. The molecule has 1 aliphatic carbocycles. The number of aryl methyl sites for hydroxylation is 2. The molecule has 7 rings (SSSR count). The lowest BCUT2D eigenvalue weighted by Crippen LogP contribution is -2.36. The van der Waals surface area contributed by atoms with Crippen LogP contribution in [0.2, 0.25) is 0 Å². The Bertz CT molecular complexity index is 1840. The number of nitriles is 1. The van der Waals surface area contributed by atoms with Crippen molar-refractivity contribution in [1.82, 2.24) is 9.55 Å². The van der Waals surface area contributed by atoms with Gasteiger partial charge in [-0.15, -0.1) is 0 Å². The van der Waals surface area contributed by atoms with Crippen molar-refractivity contribution in [2.24, 2.45) is 7.05 Å². The van der Waals surface area contributed by atoms with E-state index in [1.54, 1.807) is 6.07 Å². The molecule has 8 nitrogen and oxygen atoms in total. The smallest absolute Gasteiger partial charge is 0.398 e. The van der Waals surface area contributed by atoms with Crippen molar-refractivity contribution in [2.45, 2.75) is 62.6 Å². The highest BCUT2D eigenvalue weighted by Crippen LogP contribution is 2.61. The summed E-state index contributed by atoms with van der Waals surface area (Å²) in [6.07, 6.45) is -3.05. The lowest BCUT2D eigenvalue weighted by atomic mass is 9.90. The van der Waals surface area contributed by atoms with Gasteiger partial charge in [-0.3, -0.25) is 4.79 Å². The molecule has 3 fully saturated rings. The minimum absolute atomic E-state index is 0.0384. The zero-order valence-corrected chi connectivity index (χ0v) is 24.0. The standard InChI is InChI=1S/C32H31F3N4O4/c1-18-3-4-26-24(13-18)37-29(43-26)19-5-10-39(11-6-19)28-21-14-23(31(8-9-31)32(33,34)35)27(42-20-7-12-41-17-20)15-25(21)38(2)30(40)22(28)16-36/h3-4,13-15,19-20H,5-12,17H2,1-2H3. The molecule has 3 aliphatic rings. The van der Waals surface area contributed by atoms with Gasteiger partial charge in [0.1, 0.15) is 29.0 Å². The van der Waals surface area contributed by atoms with Crippen LogP contribution >= 0.6 is 0 Å². The molecule has 0 N–H and O–H groups in total. The van der Waals surface area contributed by atoms with Gasteiger partial charge in [0.2, 0.25) is 0 Å². The Balaban J connectivity index is 1.31. The van der Waals surface area contributed by atoms with Crippen LogP contribution in [0.5, 0.6) is 5.75 Å². The number of alkyl halides is 3. The van der Waals surface area contributed by atoms with Gasteiger partial charge in [-0.1, -0.05) is 6.07 Å². The first-order valence-corrected chi connectivity index (χ1v) is 14.6. The Morgan fingerprint density at radius 2 is 1.91 bits per heavy atom. The van der Waals surface area contributed by atoms with Crippen molar-refractivity contribution in [3.05, 3.63) is 63.3 Å². The number of ether oxygens (including phenoxy) is 2. The molecular weight excluding hydrogens is 561 g/mol. The summed E-state index contributed by atoms with van der Waals surface area (Å²) >= 11 is 0. The maximum atomic E-state index is 14.5. The van der Waals surface area contributed by atoms with Crippen LogP contribution in [-0.4, -0.2) is 48.1 Å². The highest BCUT2D eigenvalue weighted by Gasteiger charge is 2.65. The van der Waals surface area contributed by atoms with Gasteiger partial charge in [0.25, 0.3) is 5.56 Å². The number of fused-ring (bicyclic) bond motifs is 2. The van der Waals surface area contributed by atoms with Crippen LogP contribution < -0.4 is 15.2 Å². The lowest BCUT2D eigenvalue weighted by molar-refractivity contribution is -0.161. The molecule has 224 valence electrons. The molecule has 2 aromatic carbocycles. The van der Waals surface area contributed by atoms with Crippen LogP contribution in [-0.2, 0) is 17.2 Å². The predicted octanol–water partition coefficient (Wildman–Crippen LogP) is 6.01. The average molecular weight is 593 g/mol. The molecule has 2 aliphatic heterocycles. The van der Waals surface area contributed by atoms with Crippen molar-refractivity contribution in [2.75, 3.05) is 31.2 Å². The molecule has 11 heteroatoms. The van der Waals surface area contributed by atoms with Gasteiger partial charge in [-0.05, 0) is 56.4 Å². The van der Waals surface area contributed by atoms with Crippen molar-refractivity contribution in [3.8, 4) is 11.8 Å². The molecule has 2 saturated heterocycles. The number of nitrogens with zero attached hydrogens (tertiary/aromatic N) is 4. The average Bonchev–Trinajstić information content (AvgIpc) is 3.46. The van der Waals surface area contributed by atoms with Crippen LogP contribution in [0.3, 0.4) is 0 Å². The third kappa shape index (κ3) is 4.54. The van der Waals surface area contributed by atoms with Crippen LogP contribution in [0.15, 0.2) is 39.5 Å².